The van der Waals surface area contributed by atoms with Crippen LogP contribution in [0.4, 0.5) is 8.78 Å². The van der Waals surface area contributed by atoms with Gasteiger partial charge in [0.25, 0.3) is 0 Å². The van der Waals surface area contributed by atoms with Crippen molar-refractivity contribution in [1.82, 2.24) is 0 Å². The molecule has 1 aliphatic carbocycles. The van der Waals surface area contributed by atoms with Gasteiger partial charge in [-0.3, -0.25) is 0 Å². The van der Waals surface area contributed by atoms with Crippen LogP contribution in [0.2, 0.25) is 0 Å². The third-order valence-corrected chi connectivity index (χ3v) is 2.58. The molecule has 3 N–H and O–H groups in total. The van der Waals surface area contributed by atoms with Crippen molar-refractivity contribution in [3.63, 3.8) is 0 Å². The second-order valence-electron chi connectivity index (χ2n) is 3.91. The predicted octanol–water partition coefficient (Wildman–Crippen LogP) is 1.70. The number of rotatable bonds is 2. The van der Waals surface area contributed by atoms with Crippen molar-refractivity contribution in [2.24, 2.45) is 5.73 Å². The van der Waals surface area contributed by atoms with Crippen LogP contribution in [0.5, 0.6) is 5.75 Å². The monoisotopic (exact) mass is 199 g/mol. The zero-order valence-corrected chi connectivity index (χ0v) is 7.56. The average Bonchev–Trinajstić information content (AvgIpc) is 2.86. The molecule has 0 unspecified atom stereocenters. The van der Waals surface area contributed by atoms with Crippen LogP contribution < -0.4 is 5.73 Å². The summed E-state index contributed by atoms with van der Waals surface area (Å²) >= 11 is 0. The van der Waals surface area contributed by atoms with E-state index in [1.54, 1.807) is 0 Å². The van der Waals surface area contributed by atoms with Crippen molar-refractivity contribution in [2.75, 3.05) is 0 Å². The van der Waals surface area contributed by atoms with Gasteiger partial charge in [-0.25, -0.2) is 8.78 Å². The van der Waals surface area contributed by atoms with Crippen molar-refractivity contribution in [3.05, 3.63) is 29.3 Å². The summed E-state index contributed by atoms with van der Waals surface area (Å²) in [7, 11) is 0. The van der Waals surface area contributed by atoms with E-state index >= 15 is 0 Å². The fraction of sp³-hybridized carbons (Fsp3) is 0.400. The molecule has 1 aromatic carbocycles. The highest BCUT2D eigenvalue weighted by Crippen LogP contribution is 2.37. The van der Waals surface area contributed by atoms with Gasteiger partial charge in [-0.2, -0.15) is 0 Å². The molecule has 0 aromatic heterocycles. The molecule has 1 aromatic rings. The molecule has 76 valence electrons. The fourth-order valence-corrected chi connectivity index (χ4v) is 1.44. The molecule has 0 atom stereocenters. The Bertz CT molecular complexity index is 375. The smallest absolute Gasteiger partial charge is 0.188 e. The molecule has 0 aliphatic heterocycles. The summed E-state index contributed by atoms with van der Waals surface area (Å²) in [5, 5.41) is 9.01. The standard InChI is InChI=1S/C10H11F2NO/c11-7-2-1-6(8(12)9(7)14)5-10(13)3-4-10/h1-2,14H,3-5,13H2. The number of nitrogens with two attached hydrogens (primary N) is 1. The first-order chi connectivity index (χ1) is 6.52. The summed E-state index contributed by atoms with van der Waals surface area (Å²) < 4.78 is 26.0. The largest absolute Gasteiger partial charge is 0.503 e. The zero-order chi connectivity index (χ0) is 10.3. The Hall–Kier alpha value is -1.16. The maximum atomic E-state index is 13.3. The summed E-state index contributed by atoms with van der Waals surface area (Å²) in [6.45, 7) is 0. The molecule has 2 nitrogen and oxygen atoms in total. The Labute approximate surface area is 80.4 Å². The molecule has 0 amide bonds. The molecule has 4 heteroatoms. The first kappa shape index (κ1) is 9.40. The maximum Gasteiger partial charge on any atom is 0.188 e. The van der Waals surface area contributed by atoms with Crippen molar-refractivity contribution < 1.29 is 13.9 Å². The highest BCUT2D eigenvalue weighted by Gasteiger charge is 2.39. The molecule has 1 fully saturated rings. The van der Waals surface area contributed by atoms with Crippen LogP contribution in [0.25, 0.3) is 0 Å². The van der Waals surface area contributed by atoms with Crippen LogP contribution in [0.15, 0.2) is 12.1 Å². The van der Waals surface area contributed by atoms with E-state index in [4.69, 9.17) is 10.8 Å². The van der Waals surface area contributed by atoms with Gasteiger partial charge in [-0.15, -0.1) is 0 Å². The zero-order valence-electron chi connectivity index (χ0n) is 7.56. The lowest BCUT2D eigenvalue weighted by Gasteiger charge is -2.10. The number of hydrogen-bond acceptors (Lipinski definition) is 2. The molecule has 0 spiro atoms. The van der Waals surface area contributed by atoms with E-state index in [2.05, 4.69) is 0 Å². The first-order valence-electron chi connectivity index (χ1n) is 4.47. The second-order valence-corrected chi connectivity index (χ2v) is 3.91. The van der Waals surface area contributed by atoms with E-state index in [1.807, 2.05) is 0 Å². The molecule has 14 heavy (non-hydrogen) atoms. The summed E-state index contributed by atoms with van der Waals surface area (Å²) in [5.41, 5.74) is 5.73. The van der Waals surface area contributed by atoms with Gasteiger partial charge in [0.1, 0.15) is 0 Å². The van der Waals surface area contributed by atoms with E-state index in [-0.39, 0.29) is 11.1 Å². The molecule has 0 radical (unpaired) electrons. The molecule has 0 bridgehead atoms. The van der Waals surface area contributed by atoms with Crippen molar-refractivity contribution >= 4 is 0 Å². The minimum atomic E-state index is -0.937. The molecule has 1 saturated carbocycles. The van der Waals surface area contributed by atoms with E-state index in [1.165, 1.54) is 6.07 Å². The summed E-state index contributed by atoms with van der Waals surface area (Å²) in [6, 6.07) is 2.39. The highest BCUT2D eigenvalue weighted by atomic mass is 19.1. The third kappa shape index (κ3) is 1.57. The van der Waals surface area contributed by atoms with E-state index < -0.39 is 17.4 Å². The van der Waals surface area contributed by atoms with Crippen LogP contribution in [0.3, 0.4) is 0 Å². The Morgan fingerprint density at radius 3 is 2.57 bits per heavy atom. The first-order valence-corrected chi connectivity index (χ1v) is 4.47. The van der Waals surface area contributed by atoms with Crippen LogP contribution >= 0.6 is 0 Å². The minimum Gasteiger partial charge on any atom is -0.503 e. The van der Waals surface area contributed by atoms with Gasteiger partial charge in [0.2, 0.25) is 0 Å². The van der Waals surface area contributed by atoms with Crippen molar-refractivity contribution in [3.8, 4) is 5.75 Å². The molecular formula is C10H11F2NO. The SMILES string of the molecule is NC1(Cc2ccc(F)c(O)c2F)CC1. The number of hydrogen-bond donors (Lipinski definition) is 2. The van der Waals surface area contributed by atoms with Gasteiger partial charge >= 0.3 is 0 Å². The summed E-state index contributed by atoms with van der Waals surface area (Å²) in [6.07, 6.45) is 2.06. The Morgan fingerprint density at radius 2 is 2.00 bits per heavy atom. The average molecular weight is 199 g/mol. The van der Waals surface area contributed by atoms with Crippen molar-refractivity contribution in [2.45, 2.75) is 24.8 Å². The van der Waals surface area contributed by atoms with Gasteiger partial charge in [0.15, 0.2) is 17.4 Å². The van der Waals surface area contributed by atoms with Gasteiger partial charge < -0.3 is 10.8 Å². The van der Waals surface area contributed by atoms with Crippen LogP contribution in [-0.2, 0) is 6.42 Å². The normalized spacial score (nSPS) is 18.2. The van der Waals surface area contributed by atoms with Gasteiger partial charge in [0, 0.05) is 5.54 Å². The number of aromatic hydroxyl groups is 1. The number of benzene rings is 1. The maximum absolute atomic E-state index is 13.3. The fourth-order valence-electron chi connectivity index (χ4n) is 1.44. The number of phenols is 1. The van der Waals surface area contributed by atoms with Crippen molar-refractivity contribution in [1.29, 1.82) is 0 Å². The number of phenolic OH excluding ortho intramolecular Hbond substituents is 1. The predicted molar refractivity (Wildman–Crippen MR) is 47.9 cm³/mol. The summed E-state index contributed by atoms with van der Waals surface area (Å²) in [5.74, 6) is -2.73. The van der Waals surface area contributed by atoms with E-state index in [9.17, 15) is 8.78 Å². The van der Waals surface area contributed by atoms with Gasteiger partial charge in [-0.1, -0.05) is 6.07 Å². The lowest BCUT2D eigenvalue weighted by molar-refractivity contribution is 0.391. The molecular weight excluding hydrogens is 188 g/mol. The number of halogens is 2. The Morgan fingerprint density at radius 1 is 1.36 bits per heavy atom. The quantitative estimate of drug-likeness (QED) is 0.761. The Balaban J connectivity index is 2.30. The van der Waals surface area contributed by atoms with E-state index in [0.717, 1.165) is 18.9 Å². The lowest BCUT2D eigenvalue weighted by atomic mass is 10.0. The lowest BCUT2D eigenvalue weighted by Crippen LogP contribution is -2.25. The van der Waals surface area contributed by atoms with Crippen LogP contribution in [0.1, 0.15) is 18.4 Å². The van der Waals surface area contributed by atoms with Gasteiger partial charge in [-0.05, 0) is 30.9 Å². The molecule has 0 saturated heterocycles. The third-order valence-electron chi connectivity index (χ3n) is 2.58. The molecule has 0 heterocycles. The molecule has 2 rings (SSSR count). The minimum absolute atomic E-state index is 0.281. The Kier molecular flexibility index (Phi) is 1.96. The van der Waals surface area contributed by atoms with E-state index in [0.29, 0.717) is 6.42 Å². The summed E-state index contributed by atoms with van der Waals surface area (Å²) in [4.78, 5) is 0. The van der Waals surface area contributed by atoms with Gasteiger partial charge in [0.05, 0.1) is 0 Å². The highest BCUT2D eigenvalue weighted by molar-refractivity contribution is 5.33. The molecule has 1 aliphatic rings. The second kappa shape index (κ2) is 2.92. The topological polar surface area (TPSA) is 46.2 Å². The van der Waals surface area contributed by atoms with Crippen LogP contribution in [0, 0.1) is 11.6 Å². The van der Waals surface area contributed by atoms with Crippen LogP contribution in [-0.4, -0.2) is 10.6 Å².